The van der Waals surface area contributed by atoms with Crippen LogP contribution in [0.15, 0.2) is 78.9 Å². The van der Waals surface area contributed by atoms with Crippen LogP contribution in [0.25, 0.3) is 0 Å². The van der Waals surface area contributed by atoms with E-state index in [1.807, 2.05) is 0 Å². The predicted octanol–water partition coefficient (Wildman–Crippen LogP) is 7.28. The molecule has 0 saturated heterocycles. The van der Waals surface area contributed by atoms with Crippen molar-refractivity contribution < 1.29 is 0 Å². The Kier molecular flexibility index (Phi) is 5.29. The third-order valence-corrected chi connectivity index (χ3v) is 6.53. The first-order valence-electron chi connectivity index (χ1n) is 10.0. The number of hydrogen-bond acceptors (Lipinski definition) is 0. The number of aryl methyl sites for hydroxylation is 1. The number of benzene rings is 3. The Balaban J connectivity index is 2.18. The molecule has 0 bridgehead atoms. The second-order valence-corrected chi connectivity index (χ2v) is 8.74. The maximum Gasteiger partial charge on any atom is 0.0197 e. The highest BCUT2D eigenvalue weighted by molar-refractivity contribution is 5.48. The van der Waals surface area contributed by atoms with Crippen molar-refractivity contribution >= 4 is 0 Å². The van der Waals surface area contributed by atoms with Gasteiger partial charge in [0.15, 0.2) is 0 Å². The van der Waals surface area contributed by atoms with E-state index >= 15 is 0 Å². The first-order chi connectivity index (χ1) is 12.8. The van der Waals surface area contributed by atoms with Crippen molar-refractivity contribution in [2.75, 3.05) is 0 Å². The smallest absolute Gasteiger partial charge is 0.0197 e. The van der Waals surface area contributed by atoms with Crippen molar-refractivity contribution in [2.45, 2.75) is 52.4 Å². The highest BCUT2D eigenvalue weighted by Gasteiger charge is 2.34. The van der Waals surface area contributed by atoms with E-state index in [1.165, 1.54) is 27.8 Å². The summed E-state index contributed by atoms with van der Waals surface area (Å²) in [6.07, 6.45) is 0. The molecule has 3 rings (SSSR count). The summed E-state index contributed by atoms with van der Waals surface area (Å²) in [5.74, 6) is 0.496. The van der Waals surface area contributed by atoms with Gasteiger partial charge in [-0.25, -0.2) is 0 Å². The summed E-state index contributed by atoms with van der Waals surface area (Å²) < 4.78 is 0. The fraction of sp³-hybridized carbons (Fsp3) is 0.333. The molecular weight excluding hydrogens is 324 g/mol. The quantitative estimate of drug-likeness (QED) is 0.450. The normalized spacial score (nSPS) is 14.2. The summed E-state index contributed by atoms with van der Waals surface area (Å²) in [6, 6.07) is 28.9. The van der Waals surface area contributed by atoms with Crippen LogP contribution in [0.1, 0.15) is 62.4 Å². The van der Waals surface area contributed by atoms with Crippen molar-refractivity contribution in [3.63, 3.8) is 0 Å². The summed E-state index contributed by atoms with van der Waals surface area (Å²) in [4.78, 5) is 0. The molecule has 1 atom stereocenters. The van der Waals surface area contributed by atoms with Gasteiger partial charge in [0.2, 0.25) is 0 Å². The van der Waals surface area contributed by atoms with Crippen LogP contribution in [0.3, 0.4) is 0 Å². The SMILES string of the molecule is Cc1ccc(C(C)(c2ccccc2)C(C)C)cc1C(C)(C)c1ccccc1. The molecule has 0 fully saturated rings. The highest BCUT2D eigenvalue weighted by Crippen LogP contribution is 2.42. The number of rotatable bonds is 5. The molecular formula is C27H32. The van der Waals surface area contributed by atoms with Crippen LogP contribution in [0.2, 0.25) is 0 Å². The van der Waals surface area contributed by atoms with Crippen molar-refractivity contribution in [3.05, 3.63) is 107 Å². The molecule has 0 aromatic heterocycles. The van der Waals surface area contributed by atoms with E-state index in [9.17, 15) is 0 Å². The van der Waals surface area contributed by atoms with E-state index in [2.05, 4.69) is 120 Å². The van der Waals surface area contributed by atoms with Gasteiger partial charge >= 0.3 is 0 Å². The molecule has 0 nitrogen and oxygen atoms in total. The van der Waals surface area contributed by atoms with Gasteiger partial charge in [-0.3, -0.25) is 0 Å². The van der Waals surface area contributed by atoms with Crippen LogP contribution in [-0.2, 0) is 10.8 Å². The maximum atomic E-state index is 2.45. The molecule has 0 N–H and O–H groups in total. The number of hydrogen-bond donors (Lipinski definition) is 0. The Morgan fingerprint density at radius 3 is 1.67 bits per heavy atom. The minimum absolute atomic E-state index is 0.0174. The maximum absolute atomic E-state index is 2.45. The van der Waals surface area contributed by atoms with E-state index in [0.717, 1.165) is 0 Å². The minimum atomic E-state index is -0.0318. The Morgan fingerprint density at radius 1 is 0.630 bits per heavy atom. The van der Waals surface area contributed by atoms with Gasteiger partial charge in [-0.05, 0) is 40.7 Å². The summed E-state index contributed by atoms with van der Waals surface area (Å²) in [6.45, 7) is 14.0. The summed E-state index contributed by atoms with van der Waals surface area (Å²) in [5.41, 5.74) is 6.85. The summed E-state index contributed by atoms with van der Waals surface area (Å²) in [7, 11) is 0. The third kappa shape index (κ3) is 3.46. The Hall–Kier alpha value is -2.34. The standard InChI is InChI=1S/C27H32/c1-20(2)27(6,23-15-11-8-12-16-23)24-18-17-21(3)25(19-24)26(4,5)22-13-9-7-10-14-22/h7-20H,1-6H3. The lowest BCUT2D eigenvalue weighted by Gasteiger charge is -2.37. The van der Waals surface area contributed by atoms with E-state index < -0.39 is 0 Å². The van der Waals surface area contributed by atoms with E-state index in [1.54, 1.807) is 0 Å². The van der Waals surface area contributed by atoms with E-state index in [0.29, 0.717) is 5.92 Å². The Morgan fingerprint density at radius 2 is 1.15 bits per heavy atom. The molecule has 0 saturated carbocycles. The fourth-order valence-corrected chi connectivity index (χ4v) is 4.25. The van der Waals surface area contributed by atoms with Crippen LogP contribution < -0.4 is 0 Å². The zero-order valence-electron chi connectivity index (χ0n) is 17.6. The van der Waals surface area contributed by atoms with Gasteiger partial charge in [0.05, 0.1) is 0 Å². The molecule has 0 heterocycles. The van der Waals surface area contributed by atoms with Crippen molar-refractivity contribution in [1.29, 1.82) is 0 Å². The molecule has 3 aromatic rings. The predicted molar refractivity (Wildman–Crippen MR) is 117 cm³/mol. The van der Waals surface area contributed by atoms with Gasteiger partial charge in [-0.15, -0.1) is 0 Å². The van der Waals surface area contributed by atoms with Crippen LogP contribution in [0.5, 0.6) is 0 Å². The lowest BCUT2D eigenvalue weighted by molar-refractivity contribution is 0.404. The van der Waals surface area contributed by atoms with Crippen LogP contribution in [0.4, 0.5) is 0 Å². The van der Waals surface area contributed by atoms with Crippen molar-refractivity contribution in [2.24, 2.45) is 5.92 Å². The van der Waals surface area contributed by atoms with Gasteiger partial charge in [-0.2, -0.15) is 0 Å². The summed E-state index contributed by atoms with van der Waals surface area (Å²) in [5, 5.41) is 0. The second-order valence-electron chi connectivity index (χ2n) is 8.74. The monoisotopic (exact) mass is 356 g/mol. The lowest BCUT2D eigenvalue weighted by Crippen LogP contribution is -2.31. The topological polar surface area (TPSA) is 0 Å². The molecule has 0 spiro atoms. The molecule has 1 unspecified atom stereocenters. The van der Waals surface area contributed by atoms with E-state index in [4.69, 9.17) is 0 Å². The molecule has 140 valence electrons. The molecule has 0 amide bonds. The second kappa shape index (κ2) is 7.35. The average Bonchev–Trinajstić information content (AvgIpc) is 2.68. The van der Waals surface area contributed by atoms with Gasteiger partial charge in [0.1, 0.15) is 0 Å². The van der Waals surface area contributed by atoms with Gasteiger partial charge in [0.25, 0.3) is 0 Å². The Bertz CT molecular complexity index is 888. The lowest BCUT2D eigenvalue weighted by atomic mass is 9.66. The van der Waals surface area contributed by atoms with Crippen LogP contribution in [-0.4, -0.2) is 0 Å². The van der Waals surface area contributed by atoms with Gasteiger partial charge < -0.3 is 0 Å². The molecule has 0 aliphatic heterocycles. The van der Waals surface area contributed by atoms with Crippen molar-refractivity contribution in [3.8, 4) is 0 Å². The molecule has 3 aromatic carbocycles. The largest absolute Gasteiger partial charge is 0.0622 e. The first-order valence-corrected chi connectivity index (χ1v) is 10.0. The zero-order chi connectivity index (χ0) is 19.7. The summed E-state index contributed by atoms with van der Waals surface area (Å²) >= 11 is 0. The molecule has 0 radical (unpaired) electrons. The Labute approximate surface area is 165 Å². The molecule has 27 heavy (non-hydrogen) atoms. The third-order valence-electron chi connectivity index (χ3n) is 6.53. The van der Waals surface area contributed by atoms with Gasteiger partial charge in [-0.1, -0.05) is 113 Å². The molecule has 0 heteroatoms. The van der Waals surface area contributed by atoms with E-state index in [-0.39, 0.29) is 10.8 Å². The highest BCUT2D eigenvalue weighted by atomic mass is 14.4. The zero-order valence-corrected chi connectivity index (χ0v) is 17.6. The molecule has 0 aliphatic carbocycles. The van der Waals surface area contributed by atoms with Crippen molar-refractivity contribution in [1.82, 2.24) is 0 Å². The van der Waals surface area contributed by atoms with Crippen LogP contribution in [0, 0.1) is 12.8 Å². The van der Waals surface area contributed by atoms with Crippen LogP contribution >= 0.6 is 0 Å². The minimum Gasteiger partial charge on any atom is -0.0622 e. The first kappa shape index (κ1) is 19.4. The fourth-order valence-electron chi connectivity index (χ4n) is 4.25. The molecule has 0 aliphatic rings. The van der Waals surface area contributed by atoms with Gasteiger partial charge in [0, 0.05) is 10.8 Å². The average molecular weight is 357 g/mol.